The second-order valence-corrected chi connectivity index (χ2v) is 8.50. The Morgan fingerprint density at radius 2 is 2.00 bits per heavy atom. The highest BCUT2D eigenvalue weighted by molar-refractivity contribution is 7.93. The smallest absolute Gasteiger partial charge is 0.423 e. The van der Waals surface area contributed by atoms with Gasteiger partial charge in [-0.15, -0.1) is 0 Å². The van der Waals surface area contributed by atoms with Crippen LogP contribution in [0, 0.1) is 0 Å². The first-order valence-corrected chi connectivity index (χ1v) is 10.2. The molecule has 1 amide bonds. The molecule has 0 aliphatic carbocycles. The first-order chi connectivity index (χ1) is 14.0. The molecule has 0 aromatic heterocycles. The molecule has 0 fully saturated rings. The van der Waals surface area contributed by atoms with Crippen molar-refractivity contribution >= 4 is 39.9 Å². The number of nitrogen functional groups attached to an aromatic ring is 1. The average molecular weight is 443 g/mol. The molecule has 1 heterocycles. The molecule has 13 heteroatoms. The number of nitrogens with one attached hydrogen (secondary N) is 2. The summed E-state index contributed by atoms with van der Waals surface area (Å²) >= 11 is 0. The van der Waals surface area contributed by atoms with Crippen molar-refractivity contribution in [1.82, 2.24) is 5.32 Å². The van der Waals surface area contributed by atoms with Crippen molar-refractivity contribution in [3.05, 3.63) is 53.6 Å². The van der Waals surface area contributed by atoms with E-state index in [0.29, 0.717) is 16.6 Å². The van der Waals surface area contributed by atoms with Crippen LogP contribution < -0.4 is 21.2 Å². The van der Waals surface area contributed by atoms with E-state index in [1.54, 1.807) is 0 Å². The summed E-state index contributed by atoms with van der Waals surface area (Å²) in [5, 5.41) is 9.32. The third-order valence-electron chi connectivity index (χ3n) is 4.36. The molecule has 0 radical (unpaired) electrons. The molecule has 0 saturated carbocycles. The van der Waals surface area contributed by atoms with Crippen molar-refractivity contribution < 1.29 is 36.1 Å². The molecule has 160 valence electrons. The largest absolute Gasteiger partial charge is 0.491 e. The Labute approximate surface area is 170 Å². The number of alkyl halides is 3. The number of anilines is 2. The lowest BCUT2D eigenvalue weighted by Gasteiger charge is -2.21. The lowest BCUT2D eigenvalue weighted by Crippen LogP contribution is -2.49. The highest BCUT2D eigenvalue weighted by Gasteiger charge is 2.42. The molecule has 2 aromatic rings. The second kappa shape index (κ2) is 8.16. The molecule has 30 heavy (non-hydrogen) atoms. The van der Waals surface area contributed by atoms with Crippen molar-refractivity contribution in [2.24, 2.45) is 0 Å². The number of carbonyl (C=O) groups excluding carboxylic acids is 1. The Hall–Kier alpha value is -2.77. The number of benzene rings is 2. The van der Waals surface area contributed by atoms with Crippen molar-refractivity contribution in [2.45, 2.75) is 24.6 Å². The van der Waals surface area contributed by atoms with E-state index in [2.05, 4.69) is 4.72 Å². The van der Waals surface area contributed by atoms with Gasteiger partial charge in [-0.2, -0.15) is 13.2 Å². The summed E-state index contributed by atoms with van der Waals surface area (Å²) in [4.78, 5) is 11.4. The van der Waals surface area contributed by atoms with Gasteiger partial charge < -0.3 is 20.7 Å². The number of rotatable bonds is 6. The summed E-state index contributed by atoms with van der Waals surface area (Å²) in [6.07, 6.45) is -5.72. The SMILES string of the molecule is Nc1cccc(CC(NC(=O)C(F)(F)F)S(=O)(=O)Nc2ccc3c(c2)B(O)OC3)c1. The van der Waals surface area contributed by atoms with E-state index in [0.717, 1.165) is 0 Å². The number of amides is 1. The van der Waals surface area contributed by atoms with Gasteiger partial charge >= 0.3 is 19.2 Å². The quantitative estimate of drug-likeness (QED) is 0.380. The average Bonchev–Trinajstić information content (AvgIpc) is 3.00. The van der Waals surface area contributed by atoms with Crippen LogP contribution >= 0.6 is 0 Å². The third kappa shape index (κ3) is 5.04. The van der Waals surface area contributed by atoms with Gasteiger partial charge in [0.05, 0.1) is 6.61 Å². The van der Waals surface area contributed by atoms with E-state index >= 15 is 0 Å². The third-order valence-corrected chi connectivity index (χ3v) is 5.92. The van der Waals surface area contributed by atoms with Gasteiger partial charge in [0.15, 0.2) is 5.37 Å². The van der Waals surface area contributed by atoms with Crippen LogP contribution in [0.25, 0.3) is 0 Å². The predicted octanol–water partition coefficient (Wildman–Crippen LogP) is 0.475. The van der Waals surface area contributed by atoms with E-state index < -0.39 is 41.0 Å². The minimum atomic E-state index is -5.27. The normalized spacial score (nSPS) is 14.9. The van der Waals surface area contributed by atoms with E-state index in [1.807, 2.05) is 0 Å². The maximum absolute atomic E-state index is 12.8. The number of carbonyl (C=O) groups is 1. The number of nitrogens with two attached hydrogens (primary N) is 1. The highest BCUT2D eigenvalue weighted by Crippen LogP contribution is 2.20. The van der Waals surface area contributed by atoms with Crippen LogP contribution in [-0.4, -0.2) is 38.0 Å². The Morgan fingerprint density at radius 3 is 2.67 bits per heavy atom. The second-order valence-electron chi connectivity index (χ2n) is 6.63. The standard InChI is InChI=1S/C17H17BF3N3O5S/c19-17(20,21)16(25)23-15(7-10-2-1-3-12(22)6-10)30(27,28)24-13-5-4-11-9-29-18(26)14(11)8-13/h1-6,8,15,24,26H,7,9,22H2,(H,23,25). The zero-order valence-corrected chi connectivity index (χ0v) is 16.1. The van der Waals surface area contributed by atoms with Crippen LogP contribution in [0.5, 0.6) is 0 Å². The van der Waals surface area contributed by atoms with E-state index in [-0.39, 0.29) is 18.0 Å². The highest BCUT2D eigenvalue weighted by atomic mass is 32.2. The first kappa shape index (κ1) is 21.9. The van der Waals surface area contributed by atoms with Gasteiger partial charge in [-0.1, -0.05) is 18.2 Å². The lowest BCUT2D eigenvalue weighted by molar-refractivity contribution is -0.173. The summed E-state index contributed by atoms with van der Waals surface area (Å²) in [5.74, 6) is -2.39. The van der Waals surface area contributed by atoms with Gasteiger partial charge in [0.25, 0.3) is 10.0 Å². The van der Waals surface area contributed by atoms with E-state index in [4.69, 9.17) is 10.4 Å². The number of hydrogen-bond acceptors (Lipinski definition) is 6. The topological polar surface area (TPSA) is 131 Å². The number of hydrogen-bond donors (Lipinski definition) is 4. The Bertz CT molecular complexity index is 1060. The van der Waals surface area contributed by atoms with Crippen molar-refractivity contribution in [2.75, 3.05) is 10.5 Å². The summed E-state index contributed by atoms with van der Waals surface area (Å²) in [7, 11) is -5.76. The van der Waals surface area contributed by atoms with Crippen molar-refractivity contribution in [1.29, 1.82) is 0 Å². The first-order valence-electron chi connectivity index (χ1n) is 8.62. The number of sulfonamides is 1. The van der Waals surface area contributed by atoms with E-state index in [1.165, 1.54) is 47.8 Å². The molecular formula is C17H17BF3N3O5S. The fourth-order valence-corrected chi connectivity index (χ4v) is 4.19. The van der Waals surface area contributed by atoms with Crippen LogP contribution in [0.3, 0.4) is 0 Å². The molecule has 1 aliphatic heterocycles. The molecule has 1 aliphatic rings. The van der Waals surface area contributed by atoms with Crippen LogP contribution in [0.4, 0.5) is 24.5 Å². The van der Waals surface area contributed by atoms with Crippen LogP contribution in [-0.2, 0) is 32.5 Å². The van der Waals surface area contributed by atoms with Gasteiger partial charge in [-0.05, 0) is 40.9 Å². The zero-order chi connectivity index (χ0) is 22.1. The molecular weight excluding hydrogens is 426 g/mol. The van der Waals surface area contributed by atoms with Crippen LogP contribution in [0.15, 0.2) is 42.5 Å². The fraction of sp³-hybridized carbons (Fsp3) is 0.235. The lowest BCUT2D eigenvalue weighted by atomic mass is 9.79. The molecule has 8 nitrogen and oxygen atoms in total. The maximum atomic E-state index is 12.8. The van der Waals surface area contributed by atoms with Gasteiger partial charge in [0.2, 0.25) is 0 Å². The van der Waals surface area contributed by atoms with Gasteiger partial charge in [0.1, 0.15) is 0 Å². The molecule has 3 rings (SSSR count). The Morgan fingerprint density at radius 1 is 1.27 bits per heavy atom. The van der Waals surface area contributed by atoms with Gasteiger partial charge in [-0.25, -0.2) is 8.42 Å². The molecule has 0 bridgehead atoms. The molecule has 1 atom stereocenters. The fourth-order valence-electron chi connectivity index (χ4n) is 2.91. The molecule has 5 N–H and O–H groups in total. The number of halogens is 3. The van der Waals surface area contributed by atoms with Crippen molar-refractivity contribution in [3.63, 3.8) is 0 Å². The Kier molecular flexibility index (Phi) is 5.97. The van der Waals surface area contributed by atoms with Crippen LogP contribution in [0.2, 0.25) is 0 Å². The predicted molar refractivity (Wildman–Crippen MR) is 104 cm³/mol. The molecule has 0 spiro atoms. The number of fused-ring (bicyclic) bond motifs is 1. The summed E-state index contributed by atoms with van der Waals surface area (Å²) in [6.45, 7) is 0.142. The van der Waals surface area contributed by atoms with Gasteiger partial charge in [0, 0.05) is 17.8 Å². The molecule has 2 aromatic carbocycles. The summed E-state index contributed by atoms with van der Waals surface area (Å²) in [6, 6.07) is 10.1. The maximum Gasteiger partial charge on any atom is 0.491 e. The van der Waals surface area contributed by atoms with Crippen LogP contribution in [0.1, 0.15) is 11.1 Å². The van der Waals surface area contributed by atoms with Crippen molar-refractivity contribution in [3.8, 4) is 0 Å². The van der Waals surface area contributed by atoms with Gasteiger partial charge in [-0.3, -0.25) is 9.52 Å². The summed E-state index contributed by atoms with van der Waals surface area (Å²) in [5.41, 5.74) is 7.21. The monoisotopic (exact) mass is 443 g/mol. The molecule has 0 saturated heterocycles. The summed E-state index contributed by atoms with van der Waals surface area (Å²) < 4.78 is 71.0. The van der Waals surface area contributed by atoms with E-state index in [9.17, 15) is 31.4 Å². The zero-order valence-electron chi connectivity index (χ0n) is 15.3. The minimum Gasteiger partial charge on any atom is -0.423 e. The Balaban J connectivity index is 1.88. The minimum absolute atomic E-state index is 0.00265. The molecule has 1 unspecified atom stereocenters.